The van der Waals surface area contributed by atoms with Crippen LogP contribution in [0.1, 0.15) is 10.5 Å². The molecule has 3 aromatic rings. The number of nitrogens with two attached hydrogens (primary N) is 1. The number of fused-ring (bicyclic) bond motifs is 1. The number of hydrogen-bond donors (Lipinski definition) is 2. The third-order valence-electron chi connectivity index (χ3n) is 2.74. The van der Waals surface area contributed by atoms with Gasteiger partial charge in [-0.25, -0.2) is 9.31 Å². The summed E-state index contributed by atoms with van der Waals surface area (Å²) in [4.78, 5) is 15.2. The lowest BCUT2D eigenvalue weighted by molar-refractivity contribution is 0.0687. The molecule has 8 heteroatoms. The molecule has 0 fully saturated rings. The van der Waals surface area contributed by atoms with Gasteiger partial charge in [-0.1, -0.05) is 0 Å². The average molecular weight is 258 g/mol. The lowest BCUT2D eigenvalue weighted by Crippen LogP contribution is -2.06. The van der Waals surface area contributed by atoms with Crippen LogP contribution in [-0.4, -0.2) is 35.5 Å². The van der Waals surface area contributed by atoms with Crippen molar-refractivity contribution in [2.75, 3.05) is 5.73 Å². The molecule has 3 N–H and O–H groups in total. The number of nitrogens with zero attached hydrogens (tertiary/aromatic N) is 5. The zero-order valence-corrected chi connectivity index (χ0v) is 9.98. The molecule has 0 bridgehead atoms. The van der Waals surface area contributed by atoms with Gasteiger partial charge in [-0.3, -0.25) is 4.68 Å². The van der Waals surface area contributed by atoms with E-state index in [0.717, 1.165) is 11.1 Å². The van der Waals surface area contributed by atoms with Gasteiger partial charge in [0.25, 0.3) is 0 Å². The first-order valence-electron chi connectivity index (χ1n) is 5.44. The quantitative estimate of drug-likeness (QED) is 0.688. The van der Waals surface area contributed by atoms with E-state index in [9.17, 15) is 4.79 Å². The molecule has 8 nitrogen and oxygen atoms in total. The molecule has 3 rings (SSSR count). The van der Waals surface area contributed by atoms with E-state index in [2.05, 4.69) is 15.2 Å². The summed E-state index contributed by atoms with van der Waals surface area (Å²) in [6.45, 7) is 0. The van der Waals surface area contributed by atoms with Crippen LogP contribution in [0.3, 0.4) is 0 Å². The molecule has 19 heavy (non-hydrogen) atoms. The maximum absolute atomic E-state index is 11.1. The summed E-state index contributed by atoms with van der Waals surface area (Å²) in [5, 5.41) is 17.1. The maximum Gasteiger partial charge on any atom is 0.354 e. The Bertz CT molecular complexity index is 788. The Morgan fingerprint density at radius 1 is 1.42 bits per heavy atom. The van der Waals surface area contributed by atoms with Gasteiger partial charge >= 0.3 is 5.97 Å². The van der Waals surface area contributed by atoms with Crippen LogP contribution < -0.4 is 5.73 Å². The molecule has 0 amide bonds. The predicted molar refractivity (Wildman–Crippen MR) is 66.6 cm³/mol. The molecular weight excluding hydrogens is 248 g/mol. The first kappa shape index (κ1) is 11.2. The monoisotopic (exact) mass is 258 g/mol. The number of carboxylic acids is 1. The zero-order chi connectivity index (χ0) is 13.6. The summed E-state index contributed by atoms with van der Waals surface area (Å²) < 4.78 is 2.87. The van der Waals surface area contributed by atoms with Gasteiger partial charge in [0.2, 0.25) is 5.95 Å². The van der Waals surface area contributed by atoms with Crippen LogP contribution >= 0.6 is 0 Å². The molecule has 0 aliphatic carbocycles. The SMILES string of the molecule is Cn1cc(-c2ccc(C(=O)O)n3nc(N)nc23)cn1. The van der Waals surface area contributed by atoms with Gasteiger partial charge in [-0.2, -0.15) is 10.1 Å². The first-order valence-corrected chi connectivity index (χ1v) is 5.44. The molecular formula is C11H10N6O2. The van der Waals surface area contributed by atoms with Crippen molar-refractivity contribution < 1.29 is 9.90 Å². The van der Waals surface area contributed by atoms with Crippen LogP contribution in [0.4, 0.5) is 5.95 Å². The number of pyridine rings is 1. The molecule has 0 radical (unpaired) electrons. The summed E-state index contributed by atoms with van der Waals surface area (Å²) in [6.07, 6.45) is 3.47. The van der Waals surface area contributed by atoms with E-state index >= 15 is 0 Å². The van der Waals surface area contributed by atoms with Gasteiger partial charge in [-0.15, -0.1) is 5.10 Å². The highest BCUT2D eigenvalue weighted by Gasteiger charge is 2.16. The molecule has 96 valence electrons. The standard InChI is InChI=1S/C11H10N6O2/c1-16-5-6(4-13-16)7-2-3-8(10(18)19)17-9(7)14-11(12)15-17/h2-5H,1H3,(H2,12,15)(H,18,19). The lowest BCUT2D eigenvalue weighted by atomic mass is 10.1. The second-order valence-electron chi connectivity index (χ2n) is 4.05. The van der Waals surface area contributed by atoms with Gasteiger partial charge < -0.3 is 10.8 Å². The fourth-order valence-electron chi connectivity index (χ4n) is 1.93. The summed E-state index contributed by atoms with van der Waals surface area (Å²) >= 11 is 0. The van der Waals surface area contributed by atoms with Crippen molar-refractivity contribution in [3.05, 3.63) is 30.2 Å². The number of aryl methyl sites for hydroxylation is 1. The number of aromatic carboxylic acids is 1. The number of carbonyl (C=O) groups is 1. The van der Waals surface area contributed by atoms with E-state index in [1.165, 1.54) is 10.6 Å². The predicted octanol–water partition coefficient (Wildman–Crippen LogP) is 0.410. The first-order chi connectivity index (χ1) is 9.06. The van der Waals surface area contributed by atoms with Gasteiger partial charge in [-0.05, 0) is 12.1 Å². The minimum absolute atomic E-state index is 0.00633. The van der Waals surface area contributed by atoms with Crippen LogP contribution in [0.25, 0.3) is 16.8 Å². The molecule has 0 aromatic carbocycles. The molecule has 0 aliphatic rings. The second-order valence-corrected chi connectivity index (χ2v) is 4.05. The zero-order valence-electron chi connectivity index (χ0n) is 9.98. The van der Waals surface area contributed by atoms with Crippen LogP contribution in [0.2, 0.25) is 0 Å². The Morgan fingerprint density at radius 3 is 2.84 bits per heavy atom. The van der Waals surface area contributed by atoms with E-state index in [4.69, 9.17) is 10.8 Å². The lowest BCUT2D eigenvalue weighted by Gasteiger charge is -2.02. The summed E-state index contributed by atoms with van der Waals surface area (Å²) in [7, 11) is 1.80. The number of rotatable bonds is 2. The Balaban J connectivity index is 2.33. The van der Waals surface area contributed by atoms with Gasteiger partial charge in [0.1, 0.15) is 0 Å². The number of nitrogen functional groups attached to an aromatic ring is 1. The molecule has 3 aromatic heterocycles. The highest BCUT2D eigenvalue weighted by atomic mass is 16.4. The van der Waals surface area contributed by atoms with Crippen LogP contribution in [0, 0.1) is 0 Å². The summed E-state index contributed by atoms with van der Waals surface area (Å²) in [5.41, 5.74) is 7.50. The second kappa shape index (κ2) is 3.80. The molecule has 0 unspecified atom stereocenters. The van der Waals surface area contributed by atoms with Gasteiger partial charge in [0, 0.05) is 24.4 Å². The van der Waals surface area contributed by atoms with Gasteiger partial charge in [0.05, 0.1) is 6.20 Å². The van der Waals surface area contributed by atoms with Crippen molar-refractivity contribution >= 4 is 17.6 Å². The third kappa shape index (κ3) is 1.69. The Kier molecular flexibility index (Phi) is 2.24. The highest BCUT2D eigenvalue weighted by Crippen LogP contribution is 2.24. The van der Waals surface area contributed by atoms with Crippen molar-refractivity contribution in [2.45, 2.75) is 0 Å². The minimum Gasteiger partial charge on any atom is -0.477 e. The van der Waals surface area contributed by atoms with Crippen molar-refractivity contribution in [2.24, 2.45) is 7.05 Å². The largest absolute Gasteiger partial charge is 0.477 e. The highest BCUT2D eigenvalue weighted by molar-refractivity contribution is 5.89. The van der Waals surface area contributed by atoms with Crippen LogP contribution in [0.15, 0.2) is 24.5 Å². The molecule has 0 saturated heterocycles. The number of hydrogen-bond acceptors (Lipinski definition) is 5. The average Bonchev–Trinajstić information content (AvgIpc) is 2.92. The number of aromatic nitrogens is 5. The molecule has 0 aliphatic heterocycles. The van der Waals surface area contributed by atoms with Crippen molar-refractivity contribution in [3.63, 3.8) is 0 Å². The molecule has 0 atom stereocenters. The minimum atomic E-state index is -1.09. The summed E-state index contributed by atoms with van der Waals surface area (Å²) in [6, 6.07) is 3.13. The van der Waals surface area contributed by atoms with Crippen LogP contribution in [-0.2, 0) is 7.05 Å². The Hall–Kier alpha value is -2.90. The topological polar surface area (TPSA) is 111 Å². The van der Waals surface area contributed by atoms with E-state index in [1.807, 2.05) is 0 Å². The Morgan fingerprint density at radius 2 is 2.21 bits per heavy atom. The van der Waals surface area contributed by atoms with E-state index < -0.39 is 5.97 Å². The normalized spacial score (nSPS) is 11.0. The number of anilines is 1. The van der Waals surface area contributed by atoms with Gasteiger partial charge in [0.15, 0.2) is 11.3 Å². The summed E-state index contributed by atoms with van der Waals surface area (Å²) in [5.74, 6) is -1.06. The third-order valence-corrected chi connectivity index (χ3v) is 2.74. The van der Waals surface area contributed by atoms with Crippen molar-refractivity contribution in [1.29, 1.82) is 0 Å². The van der Waals surface area contributed by atoms with Crippen molar-refractivity contribution in [3.8, 4) is 11.1 Å². The van der Waals surface area contributed by atoms with Crippen LogP contribution in [0.5, 0.6) is 0 Å². The Labute approximate surface area is 107 Å². The maximum atomic E-state index is 11.1. The molecule has 3 heterocycles. The fraction of sp³-hybridized carbons (Fsp3) is 0.0909. The molecule has 0 saturated carbocycles. The van der Waals surface area contributed by atoms with E-state index in [1.54, 1.807) is 30.2 Å². The van der Waals surface area contributed by atoms with Crippen molar-refractivity contribution in [1.82, 2.24) is 24.4 Å². The van der Waals surface area contributed by atoms with E-state index in [0.29, 0.717) is 5.65 Å². The molecule has 0 spiro atoms. The number of carboxylic acid groups (broad SMARTS) is 1. The van der Waals surface area contributed by atoms with E-state index in [-0.39, 0.29) is 11.6 Å². The smallest absolute Gasteiger partial charge is 0.354 e. The fourth-order valence-corrected chi connectivity index (χ4v) is 1.93.